The zero-order valence-electron chi connectivity index (χ0n) is 28.4. The van der Waals surface area contributed by atoms with Crippen molar-refractivity contribution in [1.29, 1.82) is 0 Å². The summed E-state index contributed by atoms with van der Waals surface area (Å²) >= 11 is 0. The summed E-state index contributed by atoms with van der Waals surface area (Å²) in [6, 6.07) is 66.5. The average Bonchev–Trinajstić information content (AvgIpc) is 3.78. The quantitative estimate of drug-likeness (QED) is 0.171. The van der Waals surface area contributed by atoms with Crippen LogP contribution in [0.25, 0.3) is 99.1 Å². The molecule has 0 fully saturated rings. The van der Waals surface area contributed by atoms with Crippen LogP contribution in [0.1, 0.15) is 11.1 Å². The molecule has 0 saturated heterocycles. The second-order valence-corrected chi connectivity index (χ2v) is 13.9. The van der Waals surface area contributed by atoms with E-state index in [1.54, 1.807) is 0 Å². The van der Waals surface area contributed by atoms with E-state index in [0.29, 0.717) is 0 Å². The topological polar surface area (TPSA) is 13.1 Å². The molecule has 0 saturated carbocycles. The summed E-state index contributed by atoms with van der Waals surface area (Å²) in [6.07, 6.45) is 0.957. The third-order valence-corrected chi connectivity index (χ3v) is 11.2. The number of furan rings is 1. The van der Waals surface area contributed by atoms with Gasteiger partial charge in [0.25, 0.3) is 0 Å². The molecule has 0 spiro atoms. The lowest BCUT2D eigenvalue weighted by Crippen LogP contribution is -1.94. The van der Waals surface area contributed by atoms with Crippen LogP contribution in [0.15, 0.2) is 186 Å². The van der Waals surface area contributed by atoms with Crippen molar-refractivity contribution in [2.45, 2.75) is 6.42 Å². The minimum Gasteiger partial charge on any atom is -0.456 e. The zero-order valence-corrected chi connectivity index (χ0v) is 28.4. The highest BCUT2D eigenvalue weighted by molar-refractivity contribution is 6.22. The van der Waals surface area contributed by atoms with Crippen molar-refractivity contribution in [3.05, 3.63) is 193 Å². The van der Waals surface area contributed by atoms with Gasteiger partial charge in [0.2, 0.25) is 0 Å². The molecule has 1 aliphatic carbocycles. The molecule has 9 aromatic carbocycles. The van der Waals surface area contributed by atoms with Crippen molar-refractivity contribution in [3.8, 4) is 55.6 Å². The van der Waals surface area contributed by atoms with Crippen molar-refractivity contribution < 1.29 is 4.42 Å². The van der Waals surface area contributed by atoms with Gasteiger partial charge in [0.1, 0.15) is 11.2 Å². The lowest BCUT2D eigenvalue weighted by molar-refractivity contribution is 0.669. The monoisotopic (exact) mass is 660 g/mol. The van der Waals surface area contributed by atoms with Gasteiger partial charge in [0, 0.05) is 10.8 Å². The van der Waals surface area contributed by atoms with Gasteiger partial charge in [-0.3, -0.25) is 0 Å². The van der Waals surface area contributed by atoms with Crippen molar-refractivity contribution in [1.82, 2.24) is 0 Å². The van der Waals surface area contributed by atoms with Crippen LogP contribution in [0.4, 0.5) is 0 Å². The molecule has 0 radical (unpaired) electrons. The van der Waals surface area contributed by atoms with E-state index in [1.807, 2.05) is 12.1 Å². The van der Waals surface area contributed by atoms with Gasteiger partial charge in [-0.05, 0) is 113 Å². The van der Waals surface area contributed by atoms with Crippen molar-refractivity contribution in [2.75, 3.05) is 0 Å². The predicted molar refractivity (Wildman–Crippen MR) is 219 cm³/mol. The molecule has 0 atom stereocenters. The lowest BCUT2D eigenvalue weighted by Gasteiger charge is -2.20. The Bertz CT molecular complexity index is 2970. The van der Waals surface area contributed by atoms with Crippen molar-refractivity contribution in [3.63, 3.8) is 0 Å². The summed E-state index contributed by atoms with van der Waals surface area (Å²) in [5.74, 6) is 0. The van der Waals surface area contributed by atoms with Gasteiger partial charge in [0.05, 0.1) is 0 Å². The maximum atomic E-state index is 6.11. The Labute approximate surface area is 302 Å². The maximum absolute atomic E-state index is 6.11. The van der Waals surface area contributed by atoms with E-state index >= 15 is 0 Å². The molecule has 0 amide bonds. The number of para-hydroxylation sites is 1. The summed E-state index contributed by atoms with van der Waals surface area (Å²) < 4.78 is 6.11. The second kappa shape index (κ2) is 11.4. The summed E-state index contributed by atoms with van der Waals surface area (Å²) in [4.78, 5) is 0. The van der Waals surface area contributed by atoms with Crippen LogP contribution in [0.2, 0.25) is 0 Å². The number of rotatable bonds is 4. The fraction of sp³-hybridized carbons (Fsp3) is 0.0196. The third-order valence-electron chi connectivity index (χ3n) is 11.2. The Morgan fingerprint density at radius 1 is 0.308 bits per heavy atom. The minimum absolute atomic E-state index is 0.919. The Morgan fingerprint density at radius 2 is 0.808 bits per heavy atom. The van der Waals surface area contributed by atoms with Gasteiger partial charge >= 0.3 is 0 Å². The van der Waals surface area contributed by atoms with Gasteiger partial charge in [-0.1, -0.05) is 164 Å². The fourth-order valence-corrected chi connectivity index (χ4v) is 8.81. The normalized spacial score (nSPS) is 12.2. The molecule has 0 unspecified atom stereocenters. The van der Waals surface area contributed by atoms with E-state index in [9.17, 15) is 0 Å². The largest absolute Gasteiger partial charge is 0.456 e. The van der Waals surface area contributed by atoms with E-state index in [1.165, 1.54) is 88.3 Å². The standard InChI is InChI=1S/C51H32O/c1-2-13-36-35(12-1)31-46-37(36)21-11-22-39(46)38-14-3-4-16-41(38)51-44-19-7-5-17-42(44)50(43-18-6-8-20-45(43)51)33-26-24-32(25-27-33)34-28-29-49-47(30-34)40-15-9-10-23-48(40)52-49/h1-30H,31H2. The third kappa shape index (κ3) is 4.36. The summed E-state index contributed by atoms with van der Waals surface area (Å²) in [6.45, 7) is 0. The number of fused-ring (bicyclic) bond motifs is 8. The van der Waals surface area contributed by atoms with Gasteiger partial charge in [-0.15, -0.1) is 0 Å². The average molecular weight is 661 g/mol. The van der Waals surface area contributed by atoms with Gasteiger partial charge in [0.15, 0.2) is 0 Å². The van der Waals surface area contributed by atoms with Crippen LogP contribution in [0.5, 0.6) is 0 Å². The molecule has 242 valence electrons. The van der Waals surface area contributed by atoms with E-state index in [4.69, 9.17) is 4.42 Å². The Balaban J connectivity index is 1.08. The number of benzene rings is 9. The molecule has 1 nitrogen and oxygen atoms in total. The molecule has 52 heavy (non-hydrogen) atoms. The molecule has 1 aliphatic rings. The number of hydrogen-bond donors (Lipinski definition) is 0. The Morgan fingerprint density at radius 3 is 1.54 bits per heavy atom. The molecule has 0 bridgehead atoms. The van der Waals surface area contributed by atoms with Crippen LogP contribution in [-0.4, -0.2) is 0 Å². The zero-order chi connectivity index (χ0) is 34.2. The van der Waals surface area contributed by atoms with Gasteiger partial charge < -0.3 is 4.42 Å². The van der Waals surface area contributed by atoms with Crippen molar-refractivity contribution in [2.24, 2.45) is 0 Å². The van der Waals surface area contributed by atoms with E-state index in [0.717, 1.165) is 28.4 Å². The molecule has 0 aliphatic heterocycles. The fourth-order valence-electron chi connectivity index (χ4n) is 8.81. The highest BCUT2D eigenvalue weighted by atomic mass is 16.3. The molecule has 0 N–H and O–H groups in total. The molecule has 1 heteroatoms. The molecule has 10 aromatic rings. The lowest BCUT2D eigenvalue weighted by atomic mass is 9.83. The molecule has 11 rings (SSSR count). The second-order valence-electron chi connectivity index (χ2n) is 13.9. The SMILES string of the molecule is c1ccc2c(c1)Cc1c-2cccc1-c1ccccc1-c1c2ccccc2c(-c2ccc(-c3ccc4oc5ccccc5c4c3)cc2)c2ccccc12. The molecule has 1 aromatic heterocycles. The summed E-state index contributed by atoms with van der Waals surface area (Å²) in [7, 11) is 0. The summed E-state index contributed by atoms with van der Waals surface area (Å²) in [5, 5.41) is 7.35. The van der Waals surface area contributed by atoms with E-state index < -0.39 is 0 Å². The highest BCUT2D eigenvalue weighted by Crippen LogP contribution is 2.48. The smallest absolute Gasteiger partial charge is 0.135 e. The van der Waals surface area contributed by atoms with Gasteiger partial charge in [-0.25, -0.2) is 0 Å². The Hall–Kier alpha value is -6.70. The van der Waals surface area contributed by atoms with Crippen molar-refractivity contribution >= 4 is 43.5 Å². The van der Waals surface area contributed by atoms with Crippen LogP contribution in [0.3, 0.4) is 0 Å². The maximum Gasteiger partial charge on any atom is 0.135 e. The van der Waals surface area contributed by atoms with E-state index in [2.05, 4.69) is 170 Å². The molecular formula is C51H32O. The first-order valence-corrected chi connectivity index (χ1v) is 18.1. The van der Waals surface area contributed by atoms with Crippen LogP contribution < -0.4 is 0 Å². The Kier molecular flexibility index (Phi) is 6.38. The van der Waals surface area contributed by atoms with Crippen LogP contribution >= 0.6 is 0 Å². The van der Waals surface area contributed by atoms with Crippen LogP contribution in [0, 0.1) is 0 Å². The van der Waals surface area contributed by atoms with Gasteiger partial charge in [-0.2, -0.15) is 0 Å². The minimum atomic E-state index is 0.919. The first-order chi connectivity index (χ1) is 25.8. The van der Waals surface area contributed by atoms with Crippen LogP contribution in [-0.2, 0) is 6.42 Å². The highest BCUT2D eigenvalue weighted by Gasteiger charge is 2.24. The van der Waals surface area contributed by atoms with E-state index in [-0.39, 0.29) is 0 Å². The molecular weight excluding hydrogens is 629 g/mol. The summed E-state index contributed by atoms with van der Waals surface area (Å²) in [5.41, 5.74) is 17.4. The first-order valence-electron chi connectivity index (χ1n) is 18.1. The first kappa shape index (κ1) is 29.1. The predicted octanol–water partition coefficient (Wildman–Crippen LogP) is 14.1. The molecule has 1 heterocycles. The number of hydrogen-bond acceptors (Lipinski definition) is 1.